The molecule has 0 saturated heterocycles. The zero-order valence-electron chi connectivity index (χ0n) is 97.4. The molecule has 5 aromatic carbocycles. The van der Waals surface area contributed by atoms with Crippen molar-refractivity contribution in [3.8, 4) is 17.2 Å². The average molecular weight is 1790 g/mol. The molecule has 0 spiro atoms. The van der Waals surface area contributed by atoms with Gasteiger partial charge >= 0.3 is 0 Å². The van der Waals surface area contributed by atoms with E-state index in [2.05, 4.69) is 456 Å². The van der Waals surface area contributed by atoms with Crippen LogP contribution in [0.2, 0.25) is 0 Å². The first kappa shape index (κ1) is 139. The fourth-order valence-corrected chi connectivity index (χ4v) is 11.6. The van der Waals surface area contributed by atoms with Gasteiger partial charge in [-0.05, 0) is 204 Å². The molecule has 1 aliphatic rings. The van der Waals surface area contributed by atoms with Gasteiger partial charge in [0.05, 0.1) is 21.3 Å². The van der Waals surface area contributed by atoms with Gasteiger partial charge in [0.1, 0.15) is 5.75 Å². The van der Waals surface area contributed by atoms with E-state index in [1.54, 1.807) is 21.3 Å². The van der Waals surface area contributed by atoms with Crippen molar-refractivity contribution in [2.24, 2.45) is 66.0 Å². The van der Waals surface area contributed by atoms with Gasteiger partial charge in [-0.2, -0.15) is 0 Å². The summed E-state index contributed by atoms with van der Waals surface area (Å²) in [4.78, 5) is 0. The molecule has 1 N–H and O–H groups in total. The van der Waals surface area contributed by atoms with E-state index >= 15 is 0 Å². The number of benzene rings is 5. The highest BCUT2D eigenvalue weighted by Gasteiger charge is 2.26. The summed E-state index contributed by atoms with van der Waals surface area (Å²) in [5.41, 5.74) is 14.2. The van der Waals surface area contributed by atoms with Gasteiger partial charge in [-0.1, -0.05) is 545 Å². The lowest BCUT2D eigenvalue weighted by molar-refractivity contribution is 0.180. The van der Waals surface area contributed by atoms with E-state index in [0.29, 0.717) is 66.2 Å². The molecule has 0 unspecified atom stereocenters. The van der Waals surface area contributed by atoms with Crippen LogP contribution < -0.4 is 14.2 Å². The quantitative estimate of drug-likeness (QED) is 0.100. The standard InChI is InChI=1S/C12H18O2.C11H16O.2C11H16.C10H20.C10H14.C10H22.C9H20.C8H18.C7H16O.2C7H16.C6H14.C5H12/c1-12(2,3)9-6-7-10(13-4)11(8-9)14-5;1-11(2,3)9-5-7-10(12-4)8-6-9;1-9-5-7-10(8-6-9)11(2,3)4;1-11(2,3)9-10-7-5-4-6-8-10;2*1-10(2,3)9-7-5-4-6-8-9;1-5-6-7-8-9-10(2,3)4;1-5-6-7-8-9(2,3)4;1-5-6-7-8(2,3)4;1-7(2,3)5-4-6-8;1-6(2)7(3,4)5;1-5-6-7(2,3)4;1-5-6(2,3)4;1-5(2,3)4/h6-8H,1-5H3;5-8H,1-4H3;5-8H,1-4H3;4-8H,9H2,1-3H3;9H,4-8H2,1-3H3;4-8H,1-3H3;5-9H2,1-4H3;5-8H2,1-4H3;5-7H2,1-4H3;8H,4-6H2,1-3H3;6H,1-5H3;5-6H2,1-4H3;5H2,1-4H3;1-4H3. The number of rotatable bonds is 16. The predicted molar refractivity (Wildman–Crippen MR) is 591 cm³/mol. The second-order valence-corrected chi connectivity index (χ2v) is 53.1. The number of ether oxygens (including phenoxy) is 3. The molecule has 128 heavy (non-hydrogen) atoms. The van der Waals surface area contributed by atoms with E-state index in [4.69, 9.17) is 19.3 Å². The first-order chi connectivity index (χ1) is 57.6. The largest absolute Gasteiger partial charge is 0.497 e. The van der Waals surface area contributed by atoms with Crippen LogP contribution in [-0.4, -0.2) is 33.0 Å². The maximum absolute atomic E-state index is 8.43. The highest BCUT2D eigenvalue weighted by molar-refractivity contribution is 5.44. The molecule has 0 amide bonds. The summed E-state index contributed by atoms with van der Waals surface area (Å²) in [5.74, 6) is 4.29. The van der Waals surface area contributed by atoms with E-state index in [9.17, 15) is 0 Å². The van der Waals surface area contributed by atoms with E-state index in [-0.39, 0.29) is 16.2 Å². The van der Waals surface area contributed by atoms with Crippen molar-refractivity contribution < 1.29 is 19.3 Å². The monoisotopic (exact) mass is 1790 g/mol. The molecule has 0 atom stereocenters. The van der Waals surface area contributed by atoms with Crippen molar-refractivity contribution in [1.29, 1.82) is 0 Å². The predicted octanol–water partition coefficient (Wildman–Crippen LogP) is 41.8. The number of methoxy groups -OCH3 is 3. The SMILES string of the molecule is CC(C)(C)C.CC(C)(C)C1CCCCC1.CC(C)(C)CCCO.CC(C)(C)Cc1ccccc1.CC(C)(C)c1ccccc1.CC(C)C(C)(C)C.CCC(C)(C)C.CCCC(C)(C)C.CCCCC(C)(C)C.CCCCCC(C)(C)C.CCCCCCC(C)(C)C.COc1ccc(C(C)(C)C)cc1.COc1ccc(C(C)(C)C)cc1OC.Cc1ccc(C(C)(C)C)cc1. The summed E-state index contributed by atoms with van der Waals surface area (Å²) in [7, 11) is 4.99. The molecular weight excluding hydrogens is 1550 g/mol. The van der Waals surface area contributed by atoms with Gasteiger partial charge in [0, 0.05) is 6.61 Å². The third kappa shape index (κ3) is 105. The van der Waals surface area contributed by atoms with Crippen LogP contribution in [0.4, 0.5) is 0 Å². The topological polar surface area (TPSA) is 47.9 Å². The zero-order valence-corrected chi connectivity index (χ0v) is 97.4. The first-order valence-corrected chi connectivity index (χ1v) is 51.3. The molecule has 754 valence electrons. The van der Waals surface area contributed by atoms with Crippen molar-refractivity contribution in [3.05, 3.63) is 161 Å². The van der Waals surface area contributed by atoms with Gasteiger partial charge < -0.3 is 19.3 Å². The van der Waals surface area contributed by atoms with E-state index in [0.717, 1.165) is 48.3 Å². The Balaban J connectivity index is -0.000000203. The van der Waals surface area contributed by atoms with Crippen molar-refractivity contribution in [3.63, 3.8) is 0 Å². The minimum absolute atomic E-state index is 0.138. The number of hydrogen-bond donors (Lipinski definition) is 1. The highest BCUT2D eigenvalue weighted by Crippen LogP contribution is 2.38. The summed E-state index contributed by atoms with van der Waals surface area (Å²) >= 11 is 0. The van der Waals surface area contributed by atoms with Crippen LogP contribution in [0.15, 0.2) is 127 Å². The lowest BCUT2D eigenvalue weighted by Gasteiger charge is -2.33. The number of aryl methyl sites for hydroxylation is 1. The Kier molecular flexibility index (Phi) is 76.1. The van der Waals surface area contributed by atoms with Crippen LogP contribution in [0.1, 0.15) is 521 Å². The highest BCUT2D eigenvalue weighted by atomic mass is 16.5. The molecule has 0 aliphatic heterocycles. The first-order valence-electron chi connectivity index (χ1n) is 51.3. The lowest BCUT2D eigenvalue weighted by Crippen LogP contribution is -2.22. The second kappa shape index (κ2) is 70.2. The van der Waals surface area contributed by atoms with Crippen molar-refractivity contribution >= 4 is 0 Å². The van der Waals surface area contributed by atoms with Crippen LogP contribution in [0.25, 0.3) is 0 Å². The molecule has 4 nitrogen and oxygen atoms in total. The van der Waals surface area contributed by atoms with Gasteiger partial charge in [-0.25, -0.2) is 0 Å². The lowest BCUT2D eigenvalue weighted by atomic mass is 9.72. The van der Waals surface area contributed by atoms with Crippen LogP contribution in [0, 0.1) is 72.9 Å². The average Bonchev–Trinajstić information content (AvgIpc) is 0.823. The van der Waals surface area contributed by atoms with Crippen LogP contribution >= 0.6 is 0 Å². The summed E-state index contributed by atoms with van der Waals surface area (Å²) in [6, 6.07) is 44.2. The third-order valence-electron chi connectivity index (χ3n) is 21.6. The summed E-state index contributed by atoms with van der Waals surface area (Å²) in [6.45, 7) is 115. The Labute approximate surface area is 808 Å². The van der Waals surface area contributed by atoms with Crippen LogP contribution in [-0.2, 0) is 28.1 Å². The normalized spacial score (nSPS) is 12.7. The Morgan fingerprint density at radius 3 is 0.859 bits per heavy atom. The molecule has 1 saturated carbocycles. The fourth-order valence-electron chi connectivity index (χ4n) is 11.6. The Bertz CT molecular complexity index is 3190. The Morgan fingerprint density at radius 2 is 0.617 bits per heavy atom. The molecule has 1 fully saturated rings. The van der Waals surface area contributed by atoms with Crippen molar-refractivity contribution in [1.82, 2.24) is 0 Å². The summed E-state index contributed by atoms with van der Waals surface area (Å²) < 4.78 is 15.5. The molecule has 0 bridgehead atoms. The summed E-state index contributed by atoms with van der Waals surface area (Å²) in [6.07, 6.45) is 31.1. The molecule has 1 aliphatic carbocycles. The summed E-state index contributed by atoms with van der Waals surface area (Å²) in [5, 5.41) is 8.43. The number of hydrogen-bond acceptors (Lipinski definition) is 4. The fraction of sp³-hybridized carbons (Fsp3) is 0.758. The molecule has 5 aromatic rings. The van der Waals surface area contributed by atoms with Crippen molar-refractivity contribution in [2.45, 2.75) is 522 Å². The molecular formula is C124H234O4. The van der Waals surface area contributed by atoms with Crippen molar-refractivity contribution in [2.75, 3.05) is 27.9 Å². The van der Waals surface area contributed by atoms with Gasteiger partial charge in [0.2, 0.25) is 0 Å². The minimum Gasteiger partial charge on any atom is -0.497 e. The Hall–Kier alpha value is -4.54. The second-order valence-electron chi connectivity index (χ2n) is 53.1. The smallest absolute Gasteiger partial charge is 0.161 e. The molecule has 6 rings (SSSR count). The third-order valence-corrected chi connectivity index (χ3v) is 21.6. The maximum atomic E-state index is 8.43. The number of aliphatic hydroxyl groups excluding tert-OH is 1. The molecule has 0 heterocycles. The Morgan fingerprint density at radius 1 is 0.312 bits per heavy atom. The van der Waals surface area contributed by atoms with E-state index in [1.165, 1.54) is 162 Å². The molecule has 0 radical (unpaired) electrons. The number of unbranched alkanes of at least 4 members (excludes halogenated alkanes) is 6. The van der Waals surface area contributed by atoms with E-state index < -0.39 is 0 Å². The van der Waals surface area contributed by atoms with Gasteiger partial charge in [0.15, 0.2) is 11.5 Å². The van der Waals surface area contributed by atoms with E-state index in [1.807, 2.05) is 24.3 Å². The van der Waals surface area contributed by atoms with Gasteiger partial charge in [-0.15, -0.1) is 0 Å². The molecule has 4 heteroatoms. The zero-order chi connectivity index (χ0) is 102. The maximum Gasteiger partial charge on any atom is 0.161 e. The number of aliphatic hydroxyl groups is 1. The van der Waals surface area contributed by atoms with Gasteiger partial charge in [0.25, 0.3) is 0 Å². The molecule has 0 aromatic heterocycles. The minimum atomic E-state index is 0.138. The van der Waals surface area contributed by atoms with Crippen LogP contribution in [0.3, 0.4) is 0 Å². The van der Waals surface area contributed by atoms with Crippen LogP contribution in [0.5, 0.6) is 17.2 Å². The van der Waals surface area contributed by atoms with Gasteiger partial charge in [-0.3, -0.25) is 0 Å².